The summed E-state index contributed by atoms with van der Waals surface area (Å²) in [5.74, 6) is -0.129. The Morgan fingerprint density at radius 3 is 2.67 bits per heavy atom. The molecule has 4 nitrogen and oxygen atoms in total. The molecule has 1 unspecified atom stereocenters. The van der Waals surface area contributed by atoms with Crippen molar-refractivity contribution in [1.29, 1.82) is 0 Å². The maximum absolute atomic E-state index is 12.1. The molecule has 4 N–H and O–H groups in total. The highest BCUT2D eigenvalue weighted by Gasteiger charge is 2.24. The molecule has 0 aromatic heterocycles. The van der Waals surface area contributed by atoms with E-state index in [-0.39, 0.29) is 18.1 Å². The molecule has 0 saturated heterocycles. The van der Waals surface area contributed by atoms with E-state index in [0.717, 1.165) is 12.0 Å². The maximum Gasteiger partial charge on any atom is 0.251 e. The summed E-state index contributed by atoms with van der Waals surface area (Å²) in [6.07, 6.45) is 1.32. The van der Waals surface area contributed by atoms with E-state index in [1.54, 1.807) is 18.2 Å². The molecule has 0 radical (unpaired) electrons. The van der Waals surface area contributed by atoms with Crippen molar-refractivity contribution < 1.29 is 9.90 Å². The molecule has 1 amide bonds. The monoisotopic (exact) mass is 250 g/mol. The number of aryl methyl sites for hydroxylation is 1. The van der Waals surface area contributed by atoms with E-state index < -0.39 is 0 Å². The van der Waals surface area contributed by atoms with Crippen molar-refractivity contribution in [2.45, 2.75) is 39.2 Å². The van der Waals surface area contributed by atoms with Gasteiger partial charge < -0.3 is 16.2 Å². The second kappa shape index (κ2) is 5.87. The van der Waals surface area contributed by atoms with Gasteiger partial charge in [-0.1, -0.05) is 6.92 Å². The van der Waals surface area contributed by atoms with Gasteiger partial charge in [0.05, 0.1) is 0 Å². The zero-order valence-electron chi connectivity index (χ0n) is 11.3. The molecule has 1 aromatic rings. The predicted molar refractivity (Wildman–Crippen MR) is 73.5 cm³/mol. The lowest BCUT2D eigenvalue weighted by Gasteiger charge is -2.29. The normalized spacial score (nSPS) is 14.0. The van der Waals surface area contributed by atoms with E-state index in [1.165, 1.54) is 0 Å². The highest BCUT2D eigenvalue weighted by molar-refractivity contribution is 5.95. The second-order valence-corrected chi connectivity index (χ2v) is 4.91. The summed E-state index contributed by atoms with van der Waals surface area (Å²) in [7, 11) is 0. The minimum absolute atomic E-state index is 0.0609. The van der Waals surface area contributed by atoms with Crippen molar-refractivity contribution in [3.63, 3.8) is 0 Å². The third-order valence-corrected chi connectivity index (χ3v) is 3.39. The van der Waals surface area contributed by atoms with Crippen LogP contribution in [0.4, 0.5) is 5.69 Å². The predicted octanol–water partition coefficient (Wildman–Crippen LogP) is 1.86. The lowest BCUT2D eigenvalue weighted by Crippen LogP contribution is -2.46. The Kier molecular flexibility index (Phi) is 4.73. The standard InChI is InChI=1S/C14H22N2O2/c1-4-14(3,7-8-17)16-13(18)11-5-6-12(15)10(2)9-11/h5-6,9,17H,4,7-8,15H2,1-3H3,(H,16,18). The molecule has 0 heterocycles. The third kappa shape index (κ3) is 3.47. The molecule has 1 atom stereocenters. The molecular weight excluding hydrogens is 228 g/mol. The second-order valence-electron chi connectivity index (χ2n) is 4.91. The van der Waals surface area contributed by atoms with Crippen LogP contribution >= 0.6 is 0 Å². The van der Waals surface area contributed by atoms with Gasteiger partial charge in [-0.15, -0.1) is 0 Å². The molecule has 18 heavy (non-hydrogen) atoms. The van der Waals surface area contributed by atoms with Crippen LogP contribution in [0.25, 0.3) is 0 Å². The fourth-order valence-corrected chi connectivity index (χ4v) is 1.74. The summed E-state index contributed by atoms with van der Waals surface area (Å²) in [5, 5.41) is 12.0. The number of hydrogen-bond donors (Lipinski definition) is 3. The van der Waals surface area contributed by atoms with Gasteiger partial charge >= 0.3 is 0 Å². The Balaban J connectivity index is 2.84. The van der Waals surface area contributed by atoms with E-state index in [9.17, 15) is 4.79 Å². The van der Waals surface area contributed by atoms with E-state index in [4.69, 9.17) is 10.8 Å². The number of nitrogens with two attached hydrogens (primary N) is 1. The molecule has 0 bridgehead atoms. The number of rotatable bonds is 5. The van der Waals surface area contributed by atoms with Crippen LogP contribution in [0.5, 0.6) is 0 Å². The van der Waals surface area contributed by atoms with Gasteiger partial charge in [0.15, 0.2) is 0 Å². The summed E-state index contributed by atoms with van der Waals surface area (Å²) in [6, 6.07) is 5.23. The molecule has 1 rings (SSSR count). The summed E-state index contributed by atoms with van der Waals surface area (Å²) in [5.41, 5.74) is 7.52. The van der Waals surface area contributed by atoms with Crippen LogP contribution in [0, 0.1) is 6.92 Å². The molecule has 4 heteroatoms. The summed E-state index contributed by atoms with van der Waals surface area (Å²) in [4.78, 5) is 12.1. The Morgan fingerprint density at radius 2 is 2.17 bits per heavy atom. The maximum atomic E-state index is 12.1. The van der Waals surface area contributed by atoms with Crippen molar-refractivity contribution >= 4 is 11.6 Å². The van der Waals surface area contributed by atoms with Gasteiger partial charge in [0.2, 0.25) is 0 Å². The van der Waals surface area contributed by atoms with E-state index in [1.807, 2.05) is 20.8 Å². The Labute approximate surface area is 108 Å². The topological polar surface area (TPSA) is 75.3 Å². The lowest BCUT2D eigenvalue weighted by atomic mass is 9.94. The number of aliphatic hydroxyl groups excluding tert-OH is 1. The smallest absolute Gasteiger partial charge is 0.251 e. The first-order valence-corrected chi connectivity index (χ1v) is 6.21. The quantitative estimate of drug-likeness (QED) is 0.698. The van der Waals surface area contributed by atoms with Crippen LogP contribution in [0.1, 0.15) is 42.6 Å². The minimum Gasteiger partial charge on any atom is -0.399 e. The Hall–Kier alpha value is -1.55. The Morgan fingerprint density at radius 1 is 1.50 bits per heavy atom. The number of aliphatic hydroxyl groups is 1. The van der Waals surface area contributed by atoms with Crippen LogP contribution in [0.15, 0.2) is 18.2 Å². The summed E-state index contributed by atoms with van der Waals surface area (Å²) < 4.78 is 0. The molecule has 0 spiro atoms. The van der Waals surface area contributed by atoms with Crippen molar-refractivity contribution in [3.05, 3.63) is 29.3 Å². The van der Waals surface area contributed by atoms with Gasteiger partial charge in [-0.2, -0.15) is 0 Å². The van der Waals surface area contributed by atoms with Crippen LogP contribution in [0.3, 0.4) is 0 Å². The zero-order valence-corrected chi connectivity index (χ0v) is 11.3. The first-order valence-electron chi connectivity index (χ1n) is 6.21. The SMILES string of the molecule is CCC(C)(CCO)NC(=O)c1ccc(N)c(C)c1. The molecule has 0 aliphatic rings. The zero-order chi connectivity index (χ0) is 13.8. The van der Waals surface area contributed by atoms with Crippen molar-refractivity contribution in [2.24, 2.45) is 0 Å². The highest BCUT2D eigenvalue weighted by Crippen LogP contribution is 2.17. The van der Waals surface area contributed by atoms with E-state index >= 15 is 0 Å². The number of hydrogen-bond acceptors (Lipinski definition) is 3. The molecule has 0 fully saturated rings. The fraction of sp³-hybridized carbons (Fsp3) is 0.500. The van der Waals surface area contributed by atoms with Crippen molar-refractivity contribution in [3.8, 4) is 0 Å². The number of carbonyl (C=O) groups excluding carboxylic acids is 1. The van der Waals surface area contributed by atoms with Crippen molar-refractivity contribution in [2.75, 3.05) is 12.3 Å². The highest BCUT2D eigenvalue weighted by atomic mass is 16.3. The number of amides is 1. The number of anilines is 1. The van der Waals surface area contributed by atoms with Crippen LogP contribution in [-0.2, 0) is 0 Å². The van der Waals surface area contributed by atoms with Crippen LogP contribution < -0.4 is 11.1 Å². The number of nitrogen functional groups attached to an aromatic ring is 1. The molecule has 0 aliphatic carbocycles. The average Bonchev–Trinajstić information content (AvgIpc) is 2.32. The fourth-order valence-electron chi connectivity index (χ4n) is 1.74. The van der Waals surface area contributed by atoms with Crippen molar-refractivity contribution in [1.82, 2.24) is 5.32 Å². The van der Waals surface area contributed by atoms with Gasteiger partial charge in [0.25, 0.3) is 5.91 Å². The first kappa shape index (κ1) is 14.5. The third-order valence-electron chi connectivity index (χ3n) is 3.39. The lowest BCUT2D eigenvalue weighted by molar-refractivity contribution is 0.0886. The van der Waals surface area contributed by atoms with E-state index in [0.29, 0.717) is 17.7 Å². The molecule has 0 saturated carbocycles. The molecule has 0 aliphatic heterocycles. The van der Waals surface area contributed by atoms with Gasteiger partial charge in [0.1, 0.15) is 0 Å². The first-order chi connectivity index (χ1) is 8.41. The Bertz CT molecular complexity index is 432. The van der Waals surface area contributed by atoms with Gasteiger partial charge in [-0.25, -0.2) is 0 Å². The van der Waals surface area contributed by atoms with Gasteiger partial charge in [0, 0.05) is 23.4 Å². The van der Waals surface area contributed by atoms with Gasteiger partial charge in [-0.3, -0.25) is 4.79 Å². The largest absolute Gasteiger partial charge is 0.399 e. The molecule has 100 valence electrons. The summed E-state index contributed by atoms with van der Waals surface area (Å²) >= 11 is 0. The summed E-state index contributed by atoms with van der Waals surface area (Å²) in [6.45, 7) is 5.86. The molecular formula is C14H22N2O2. The van der Waals surface area contributed by atoms with Crippen LogP contribution in [0.2, 0.25) is 0 Å². The number of nitrogens with one attached hydrogen (secondary N) is 1. The van der Waals surface area contributed by atoms with Gasteiger partial charge in [-0.05, 0) is 50.5 Å². The van der Waals surface area contributed by atoms with E-state index in [2.05, 4.69) is 5.32 Å². The molecule has 1 aromatic carbocycles. The number of benzene rings is 1. The number of carbonyl (C=O) groups is 1. The average molecular weight is 250 g/mol. The van der Waals surface area contributed by atoms with Crippen LogP contribution in [-0.4, -0.2) is 23.2 Å². The minimum atomic E-state index is -0.374.